The fourth-order valence-electron chi connectivity index (χ4n) is 5.31. The maximum atomic E-state index is 12.6. The molecule has 0 rings (SSSR count). The van der Waals surface area contributed by atoms with Crippen LogP contribution in [0.4, 0.5) is 0 Å². The SMILES string of the molecule is CCCCCCCC/C=C\CCCCCCCC(=O)O[C@H](COC(=O)CCC/C=C\C/C=C\C/C=C\C/C=C\CCCCCO)COP(=O)(O)OCCN. The fraction of sp³-hybridized carbons (Fsp3) is 0.721. The first kappa shape index (κ1) is 51.7. The fourth-order valence-corrected chi connectivity index (χ4v) is 6.07. The standard InChI is InChI=1S/C43H76NO9P/c1-2-3-4-5-6-7-8-9-13-17-20-23-26-29-32-35-43(47)53-41(40-52-54(48,49)51-38-36-44)39-50-42(46)34-31-28-25-22-19-16-14-11-10-12-15-18-21-24-27-30-33-37-45/h9-10,12-14,16,18,21-22,25,41,45H,2-8,11,15,17,19-20,23-24,26-40,44H2,1H3,(H,48,49)/b12-10-,13-9-,16-14-,21-18-,25-22-/t41-/m1/s1. The number of phosphoric ester groups is 1. The summed E-state index contributed by atoms with van der Waals surface area (Å²) in [5.74, 6) is -0.922. The molecule has 11 heteroatoms. The number of unbranched alkanes of at least 4 members (excludes halogenated alkanes) is 15. The third kappa shape index (κ3) is 39.4. The Balaban J connectivity index is 4.29. The van der Waals surface area contributed by atoms with Crippen molar-refractivity contribution in [2.45, 2.75) is 167 Å². The Hall–Kier alpha value is -2.33. The Morgan fingerprint density at radius 2 is 1.06 bits per heavy atom. The molecule has 0 aliphatic carbocycles. The van der Waals surface area contributed by atoms with Gasteiger partial charge < -0.3 is 25.2 Å². The highest BCUT2D eigenvalue weighted by molar-refractivity contribution is 7.47. The van der Waals surface area contributed by atoms with Gasteiger partial charge >= 0.3 is 19.8 Å². The summed E-state index contributed by atoms with van der Waals surface area (Å²) < 4.78 is 32.6. The van der Waals surface area contributed by atoms with Crippen LogP contribution in [0.25, 0.3) is 0 Å². The predicted molar refractivity (Wildman–Crippen MR) is 221 cm³/mol. The number of aliphatic hydroxyl groups excluding tert-OH is 1. The number of nitrogens with two attached hydrogens (primary N) is 1. The molecular weight excluding hydrogens is 705 g/mol. The van der Waals surface area contributed by atoms with E-state index in [9.17, 15) is 19.0 Å². The lowest BCUT2D eigenvalue weighted by molar-refractivity contribution is -0.161. The summed E-state index contributed by atoms with van der Waals surface area (Å²) in [5.41, 5.74) is 5.33. The Morgan fingerprint density at radius 1 is 0.593 bits per heavy atom. The summed E-state index contributed by atoms with van der Waals surface area (Å²) in [6.45, 7) is 1.64. The molecule has 0 saturated carbocycles. The number of aliphatic hydroxyl groups is 1. The van der Waals surface area contributed by atoms with Crippen molar-refractivity contribution in [3.05, 3.63) is 60.8 Å². The molecule has 0 radical (unpaired) electrons. The Morgan fingerprint density at radius 3 is 1.61 bits per heavy atom. The van der Waals surface area contributed by atoms with Crippen LogP contribution in [-0.4, -0.2) is 61.0 Å². The molecule has 0 fully saturated rings. The van der Waals surface area contributed by atoms with Gasteiger partial charge in [-0.3, -0.25) is 18.6 Å². The minimum atomic E-state index is -4.40. The second kappa shape index (κ2) is 40.3. The molecule has 0 aromatic carbocycles. The average molecular weight is 782 g/mol. The number of esters is 2. The van der Waals surface area contributed by atoms with Gasteiger partial charge in [0.25, 0.3) is 0 Å². The maximum absolute atomic E-state index is 12.6. The molecule has 0 amide bonds. The van der Waals surface area contributed by atoms with Crippen LogP contribution in [0.2, 0.25) is 0 Å². The zero-order valence-electron chi connectivity index (χ0n) is 33.6. The molecule has 0 aromatic rings. The highest BCUT2D eigenvalue weighted by atomic mass is 31.2. The van der Waals surface area contributed by atoms with Crippen molar-refractivity contribution < 1.29 is 42.7 Å². The van der Waals surface area contributed by atoms with Gasteiger partial charge in [0.15, 0.2) is 6.10 Å². The molecule has 54 heavy (non-hydrogen) atoms. The molecule has 0 aliphatic rings. The van der Waals surface area contributed by atoms with Crippen molar-refractivity contribution in [1.29, 1.82) is 0 Å². The van der Waals surface area contributed by atoms with Gasteiger partial charge in [-0.15, -0.1) is 0 Å². The lowest BCUT2D eigenvalue weighted by Gasteiger charge is -2.19. The normalized spacial score (nSPS) is 13.9. The molecule has 1 unspecified atom stereocenters. The van der Waals surface area contributed by atoms with E-state index in [-0.39, 0.29) is 39.2 Å². The molecule has 2 atom stereocenters. The third-order valence-electron chi connectivity index (χ3n) is 8.43. The molecule has 0 saturated heterocycles. The van der Waals surface area contributed by atoms with Gasteiger partial charge in [0.2, 0.25) is 0 Å². The minimum Gasteiger partial charge on any atom is -0.462 e. The Labute approximate surface area is 328 Å². The number of hydrogen-bond acceptors (Lipinski definition) is 9. The van der Waals surface area contributed by atoms with Crippen LogP contribution in [0.15, 0.2) is 60.8 Å². The third-order valence-corrected chi connectivity index (χ3v) is 9.41. The van der Waals surface area contributed by atoms with E-state index in [0.717, 1.165) is 83.5 Å². The molecule has 10 nitrogen and oxygen atoms in total. The number of hydrogen-bond donors (Lipinski definition) is 3. The molecule has 0 aliphatic heterocycles. The lowest BCUT2D eigenvalue weighted by atomic mass is 10.1. The topological polar surface area (TPSA) is 155 Å². The monoisotopic (exact) mass is 782 g/mol. The van der Waals surface area contributed by atoms with E-state index >= 15 is 0 Å². The van der Waals surface area contributed by atoms with Gasteiger partial charge in [-0.25, -0.2) is 4.57 Å². The molecule has 0 bridgehead atoms. The van der Waals surface area contributed by atoms with Crippen LogP contribution >= 0.6 is 7.82 Å². The van der Waals surface area contributed by atoms with Gasteiger partial charge in [0.1, 0.15) is 6.61 Å². The van der Waals surface area contributed by atoms with Crippen LogP contribution < -0.4 is 5.73 Å². The van der Waals surface area contributed by atoms with E-state index in [1.165, 1.54) is 44.9 Å². The van der Waals surface area contributed by atoms with Crippen LogP contribution in [0, 0.1) is 0 Å². The van der Waals surface area contributed by atoms with Crippen LogP contribution in [0.3, 0.4) is 0 Å². The number of ether oxygens (including phenoxy) is 2. The number of carbonyl (C=O) groups excluding carboxylic acids is 2. The summed E-state index contributed by atoms with van der Waals surface area (Å²) in [7, 11) is -4.40. The van der Waals surface area contributed by atoms with E-state index in [1.807, 2.05) is 6.08 Å². The maximum Gasteiger partial charge on any atom is 0.472 e. The van der Waals surface area contributed by atoms with Crippen LogP contribution in [0.1, 0.15) is 161 Å². The first-order valence-electron chi connectivity index (χ1n) is 20.9. The smallest absolute Gasteiger partial charge is 0.462 e. The van der Waals surface area contributed by atoms with Crippen molar-refractivity contribution >= 4 is 19.8 Å². The zero-order valence-corrected chi connectivity index (χ0v) is 34.5. The highest BCUT2D eigenvalue weighted by Crippen LogP contribution is 2.43. The second-order valence-electron chi connectivity index (χ2n) is 13.6. The largest absolute Gasteiger partial charge is 0.472 e. The van der Waals surface area contributed by atoms with Gasteiger partial charge in [0.05, 0.1) is 13.2 Å². The van der Waals surface area contributed by atoms with Crippen molar-refractivity contribution in [2.24, 2.45) is 5.73 Å². The number of phosphoric acid groups is 1. The van der Waals surface area contributed by atoms with Gasteiger partial charge in [-0.1, -0.05) is 125 Å². The number of carbonyl (C=O) groups is 2. The summed E-state index contributed by atoms with van der Waals surface area (Å²) in [5, 5.41) is 8.78. The first-order valence-corrected chi connectivity index (χ1v) is 22.4. The Bertz CT molecular complexity index is 1070. The summed E-state index contributed by atoms with van der Waals surface area (Å²) in [6.07, 6.45) is 44.1. The molecule has 0 spiro atoms. The van der Waals surface area contributed by atoms with Crippen molar-refractivity contribution in [1.82, 2.24) is 0 Å². The zero-order chi connectivity index (χ0) is 39.6. The second-order valence-corrected chi connectivity index (χ2v) is 15.0. The molecular formula is C43H76NO9P. The number of allylic oxidation sites excluding steroid dienone is 10. The quantitative estimate of drug-likeness (QED) is 0.0237. The Kier molecular flexibility index (Phi) is 38.6. The molecule has 312 valence electrons. The van der Waals surface area contributed by atoms with E-state index in [0.29, 0.717) is 12.8 Å². The van der Waals surface area contributed by atoms with E-state index in [2.05, 4.69) is 61.6 Å². The molecule has 0 aromatic heterocycles. The lowest BCUT2D eigenvalue weighted by Crippen LogP contribution is -2.29. The van der Waals surface area contributed by atoms with Crippen LogP contribution in [-0.2, 0) is 32.7 Å². The minimum absolute atomic E-state index is 0.0382. The van der Waals surface area contributed by atoms with Crippen LogP contribution in [0.5, 0.6) is 0 Å². The van der Waals surface area contributed by atoms with Gasteiger partial charge in [-0.05, 0) is 83.5 Å². The highest BCUT2D eigenvalue weighted by Gasteiger charge is 2.25. The van der Waals surface area contributed by atoms with E-state index in [1.54, 1.807) is 0 Å². The van der Waals surface area contributed by atoms with E-state index < -0.39 is 32.5 Å². The van der Waals surface area contributed by atoms with Gasteiger partial charge in [-0.2, -0.15) is 0 Å². The summed E-state index contributed by atoms with van der Waals surface area (Å²) in [4.78, 5) is 34.8. The van der Waals surface area contributed by atoms with Crippen molar-refractivity contribution in [3.8, 4) is 0 Å². The summed E-state index contributed by atoms with van der Waals surface area (Å²) >= 11 is 0. The predicted octanol–water partition coefficient (Wildman–Crippen LogP) is 10.7. The average Bonchev–Trinajstić information content (AvgIpc) is 3.16. The van der Waals surface area contributed by atoms with E-state index in [4.69, 9.17) is 29.4 Å². The van der Waals surface area contributed by atoms with Gasteiger partial charge in [0, 0.05) is 26.0 Å². The van der Waals surface area contributed by atoms with Crippen molar-refractivity contribution in [2.75, 3.05) is 33.0 Å². The summed E-state index contributed by atoms with van der Waals surface area (Å²) in [6, 6.07) is 0. The molecule has 4 N–H and O–H groups in total. The number of rotatable bonds is 39. The van der Waals surface area contributed by atoms with Crippen molar-refractivity contribution in [3.63, 3.8) is 0 Å². The first-order chi connectivity index (χ1) is 26.3. The molecule has 0 heterocycles.